The van der Waals surface area contributed by atoms with E-state index < -0.39 is 0 Å². The van der Waals surface area contributed by atoms with Crippen LogP contribution in [0, 0.1) is 11.3 Å². The molecule has 4 heteroatoms. The minimum Gasteiger partial charge on any atom is -0.354 e. The highest BCUT2D eigenvalue weighted by Crippen LogP contribution is 2.48. The van der Waals surface area contributed by atoms with Crippen LogP contribution in [0.2, 0.25) is 0 Å². The summed E-state index contributed by atoms with van der Waals surface area (Å²) in [6.45, 7) is 7.12. The van der Waals surface area contributed by atoms with Gasteiger partial charge in [0.05, 0.1) is 6.04 Å². The van der Waals surface area contributed by atoms with Crippen LogP contribution in [0.3, 0.4) is 0 Å². The molecule has 0 aromatic carbocycles. The van der Waals surface area contributed by atoms with Gasteiger partial charge in [0.1, 0.15) is 0 Å². The molecule has 0 bridgehead atoms. The standard InChI is InChI=1S/C13H26N2O.ClH/c1-4-6-13(7-8-13)9-15-12(16)11(14)10(3)5-2;/h10-11H,4-9,14H2,1-3H3,(H,15,16);1H. The van der Waals surface area contributed by atoms with Crippen molar-refractivity contribution in [2.24, 2.45) is 17.1 Å². The maximum absolute atomic E-state index is 11.8. The minimum absolute atomic E-state index is 0. The zero-order valence-electron chi connectivity index (χ0n) is 11.3. The van der Waals surface area contributed by atoms with Gasteiger partial charge in [0.25, 0.3) is 0 Å². The lowest BCUT2D eigenvalue weighted by atomic mass is 9.98. The van der Waals surface area contributed by atoms with Gasteiger partial charge in [0.2, 0.25) is 5.91 Å². The number of hydrogen-bond donors (Lipinski definition) is 2. The average Bonchev–Trinajstić information content (AvgIpc) is 3.05. The Labute approximate surface area is 111 Å². The molecule has 0 aliphatic heterocycles. The normalized spacial score (nSPS) is 20.0. The molecule has 1 saturated carbocycles. The van der Waals surface area contributed by atoms with E-state index in [9.17, 15) is 4.79 Å². The van der Waals surface area contributed by atoms with Crippen LogP contribution in [-0.4, -0.2) is 18.5 Å². The van der Waals surface area contributed by atoms with Crippen LogP contribution in [0.25, 0.3) is 0 Å². The summed E-state index contributed by atoms with van der Waals surface area (Å²) in [5, 5.41) is 3.02. The van der Waals surface area contributed by atoms with Crippen LogP contribution in [0.1, 0.15) is 52.9 Å². The van der Waals surface area contributed by atoms with Crippen molar-refractivity contribution in [1.29, 1.82) is 0 Å². The fourth-order valence-corrected chi connectivity index (χ4v) is 2.13. The summed E-state index contributed by atoms with van der Waals surface area (Å²) in [4.78, 5) is 11.8. The van der Waals surface area contributed by atoms with Crippen LogP contribution >= 0.6 is 12.4 Å². The summed E-state index contributed by atoms with van der Waals surface area (Å²) >= 11 is 0. The van der Waals surface area contributed by atoms with Crippen molar-refractivity contribution in [1.82, 2.24) is 5.32 Å². The molecule has 0 radical (unpaired) electrons. The van der Waals surface area contributed by atoms with E-state index >= 15 is 0 Å². The molecule has 0 saturated heterocycles. The highest BCUT2D eigenvalue weighted by Gasteiger charge is 2.41. The molecule has 17 heavy (non-hydrogen) atoms. The van der Waals surface area contributed by atoms with E-state index in [2.05, 4.69) is 19.2 Å². The van der Waals surface area contributed by atoms with E-state index in [1.807, 2.05) is 6.92 Å². The number of carbonyl (C=O) groups is 1. The Kier molecular flexibility index (Phi) is 7.10. The molecule has 2 atom stereocenters. The van der Waals surface area contributed by atoms with Gasteiger partial charge in [-0.2, -0.15) is 0 Å². The summed E-state index contributed by atoms with van der Waals surface area (Å²) < 4.78 is 0. The first-order chi connectivity index (χ1) is 7.54. The third-order valence-corrected chi connectivity index (χ3v) is 3.93. The number of hydrogen-bond acceptors (Lipinski definition) is 2. The number of halogens is 1. The van der Waals surface area contributed by atoms with E-state index in [1.165, 1.54) is 25.7 Å². The predicted octanol–water partition coefficient (Wildman–Crippen LogP) is 2.48. The second-order valence-corrected chi connectivity index (χ2v) is 5.38. The van der Waals surface area contributed by atoms with Crippen molar-refractivity contribution in [2.45, 2.75) is 58.9 Å². The Hall–Kier alpha value is -0.280. The van der Waals surface area contributed by atoms with Gasteiger partial charge < -0.3 is 11.1 Å². The molecular formula is C13H27ClN2O. The summed E-state index contributed by atoms with van der Waals surface area (Å²) in [5.74, 6) is 0.290. The van der Waals surface area contributed by atoms with Crippen molar-refractivity contribution in [3.63, 3.8) is 0 Å². The molecule has 3 N–H and O–H groups in total. The molecule has 0 aromatic rings. The van der Waals surface area contributed by atoms with Gasteiger partial charge in [0.15, 0.2) is 0 Å². The zero-order chi connectivity index (χ0) is 12.2. The maximum Gasteiger partial charge on any atom is 0.237 e. The third kappa shape index (κ3) is 4.84. The summed E-state index contributed by atoms with van der Waals surface area (Å²) in [5.41, 5.74) is 6.30. The van der Waals surface area contributed by atoms with Gasteiger partial charge in [-0.3, -0.25) is 4.79 Å². The molecule has 1 amide bonds. The first-order valence-corrected chi connectivity index (χ1v) is 6.58. The van der Waals surface area contributed by atoms with E-state index in [0.717, 1.165) is 13.0 Å². The molecule has 102 valence electrons. The van der Waals surface area contributed by atoms with Gasteiger partial charge >= 0.3 is 0 Å². The number of rotatable bonds is 7. The molecule has 1 aliphatic rings. The van der Waals surface area contributed by atoms with E-state index in [-0.39, 0.29) is 30.3 Å². The van der Waals surface area contributed by atoms with Crippen LogP contribution in [0.4, 0.5) is 0 Å². The second kappa shape index (κ2) is 7.22. The van der Waals surface area contributed by atoms with E-state index in [0.29, 0.717) is 5.41 Å². The molecule has 1 rings (SSSR count). The fraction of sp³-hybridized carbons (Fsp3) is 0.923. The molecular weight excluding hydrogens is 236 g/mol. The van der Waals surface area contributed by atoms with Crippen molar-refractivity contribution in [3.05, 3.63) is 0 Å². The van der Waals surface area contributed by atoms with Crippen LogP contribution in [-0.2, 0) is 4.79 Å². The number of nitrogens with two attached hydrogens (primary N) is 1. The van der Waals surface area contributed by atoms with Crippen molar-refractivity contribution >= 4 is 18.3 Å². The lowest BCUT2D eigenvalue weighted by molar-refractivity contribution is -0.123. The number of nitrogens with one attached hydrogen (secondary N) is 1. The first kappa shape index (κ1) is 16.7. The molecule has 1 fully saturated rings. The van der Waals surface area contributed by atoms with E-state index in [1.54, 1.807) is 0 Å². The molecule has 3 nitrogen and oxygen atoms in total. The monoisotopic (exact) mass is 262 g/mol. The number of carbonyl (C=O) groups excluding carboxylic acids is 1. The summed E-state index contributed by atoms with van der Waals surface area (Å²) in [6, 6.07) is -0.345. The quantitative estimate of drug-likeness (QED) is 0.741. The van der Waals surface area contributed by atoms with Crippen molar-refractivity contribution in [3.8, 4) is 0 Å². The van der Waals surface area contributed by atoms with Gasteiger partial charge in [-0.05, 0) is 30.6 Å². The molecule has 0 heterocycles. The molecule has 0 spiro atoms. The Morgan fingerprint density at radius 1 is 1.41 bits per heavy atom. The Morgan fingerprint density at radius 3 is 2.41 bits per heavy atom. The van der Waals surface area contributed by atoms with Gasteiger partial charge in [-0.1, -0.05) is 33.6 Å². The topological polar surface area (TPSA) is 55.1 Å². The first-order valence-electron chi connectivity index (χ1n) is 6.58. The van der Waals surface area contributed by atoms with Crippen molar-refractivity contribution in [2.75, 3.05) is 6.54 Å². The highest BCUT2D eigenvalue weighted by atomic mass is 35.5. The van der Waals surface area contributed by atoms with E-state index in [4.69, 9.17) is 5.73 Å². The zero-order valence-corrected chi connectivity index (χ0v) is 12.1. The average molecular weight is 263 g/mol. The maximum atomic E-state index is 11.8. The Morgan fingerprint density at radius 2 is 2.00 bits per heavy atom. The van der Waals surface area contributed by atoms with Crippen LogP contribution < -0.4 is 11.1 Å². The largest absolute Gasteiger partial charge is 0.354 e. The Bertz CT molecular complexity index is 242. The third-order valence-electron chi connectivity index (χ3n) is 3.93. The molecule has 2 unspecified atom stereocenters. The lowest BCUT2D eigenvalue weighted by Crippen LogP contribution is -2.46. The SMILES string of the molecule is CCCC1(CNC(=O)C(N)C(C)CC)CC1.Cl. The van der Waals surface area contributed by atoms with Crippen molar-refractivity contribution < 1.29 is 4.79 Å². The summed E-state index contributed by atoms with van der Waals surface area (Å²) in [7, 11) is 0. The predicted molar refractivity (Wildman–Crippen MR) is 74.3 cm³/mol. The van der Waals surface area contributed by atoms with Crippen LogP contribution in [0.5, 0.6) is 0 Å². The fourth-order valence-electron chi connectivity index (χ4n) is 2.13. The van der Waals surface area contributed by atoms with Crippen LogP contribution in [0.15, 0.2) is 0 Å². The van der Waals surface area contributed by atoms with Gasteiger partial charge in [0, 0.05) is 6.54 Å². The minimum atomic E-state index is -0.345. The molecule has 1 aliphatic carbocycles. The Balaban J connectivity index is 0.00000256. The highest BCUT2D eigenvalue weighted by molar-refractivity contribution is 5.85. The second-order valence-electron chi connectivity index (χ2n) is 5.38. The summed E-state index contributed by atoms with van der Waals surface area (Å²) in [6.07, 6.45) is 5.91. The smallest absolute Gasteiger partial charge is 0.237 e. The molecule has 0 aromatic heterocycles. The number of amides is 1. The van der Waals surface area contributed by atoms with Gasteiger partial charge in [-0.15, -0.1) is 12.4 Å². The van der Waals surface area contributed by atoms with Gasteiger partial charge in [-0.25, -0.2) is 0 Å². The lowest BCUT2D eigenvalue weighted by Gasteiger charge is -2.20.